The van der Waals surface area contributed by atoms with Crippen molar-refractivity contribution in [1.29, 1.82) is 0 Å². The van der Waals surface area contributed by atoms with Gasteiger partial charge in [0.2, 0.25) is 0 Å². The maximum atomic E-state index is 10.6. The number of hydrogen-bond acceptors (Lipinski definition) is 4. The topological polar surface area (TPSA) is 61.0 Å². The molecule has 0 saturated heterocycles. The molecule has 0 fully saturated rings. The molecule has 1 aliphatic rings. The number of aromatic nitrogens is 2. The second-order valence-corrected chi connectivity index (χ2v) is 4.39. The van der Waals surface area contributed by atoms with Crippen molar-refractivity contribution in [3.05, 3.63) is 28.3 Å². The first kappa shape index (κ1) is 8.72. The minimum atomic E-state index is -0.392. The van der Waals surface area contributed by atoms with Crippen molar-refractivity contribution in [3.8, 4) is 0 Å². The maximum absolute atomic E-state index is 10.6. The Bertz CT molecular complexity index is 564. The van der Waals surface area contributed by atoms with Gasteiger partial charge in [0.1, 0.15) is 0 Å². The molecule has 1 aromatic heterocycles. The number of nitro groups is 1. The summed E-state index contributed by atoms with van der Waals surface area (Å²) in [5.74, 6) is 1.04. The van der Waals surface area contributed by atoms with Crippen LogP contribution in [0, 0.1) is 10.1 Å². The largest absolute Gasteiger partial charge is 0.318 e. The monoisotopic (exact) mass is 221 g/mol. The lowest BCUT2D eigenvalue weighted by Crippen LogP contribution is -1.93. The van der Waals surface area contributed by atoms with Gasteiger partial charge >= 0.3 is 0 Å². The molecule has 2 heterocycles. The summed E-state index contributed by atoms with van der Waals surface area (Å²) >= 11 is 1.69. The van der Waals surface area contributed by atoms with Crippen LogP contribution in [0.2, 0.25) is 0 Å². The Hall–Kier alpha value is -1.56. The third-order valence-electron chi connectivity index (χ3n) is 2.45. The van der Waals surface area contributed by atoms with Crippen LogP contribution in [-0.2, 0) is 6.54 Å². The van der Waals surface area contributed by atoms with E-state index in [0.29, 0.717) is 5.52 Å². The van der Waals surface area contributed by atoms with Crippen LogP contribution in [0.4, 0.5) is 5.69 Å². The molecular formula is C9H7N3O2S. The quantitative estimate of drug-likeness (QED) is 0.546. The molecule has 0 unspecified atom stereocenters. The molecule has 0 amide bonds. The molecule has 76 valence electrons. The normalized spacial score (nSPS) is 14.4. The van der Waals surface area contributed by atoms with Crippen molar-refractivity contribution in [1.82, 2.24) is 9.55 Å². The number of rotatable bonds is 1. The Labute approximate surface area is 89.3 Å². The second-order valence-electron chi connectivity index (χ2n) is 3.32. The Morgan fingerprint density at radius 1 is 1.53 bits per heavy atom. The fourth-order valence-corrected chi connectivity index (χ4v) is 2.73. The smallest absolute Gasteiger partial charge is 0.271 e. The van der Waals surface area contributed by atoms with E-state index in [9.17, 15) is 10.1 Å². The van der Waals surface area contributed by atoms with Crippen LogP contribution >= 0.6 is 11.8 Å². The first-order chi connectivity index (χ1) is 7.25. The van der Waals surface area contributed by atoms with Crippen LogP contribution in [0.25, 0.3) is 11.0 Å². The summed E-state index contributed by atoms with van der Waals surface area (Å²) < 4.78 is 2.10. The summed E-state index contributed by atoms with van der Waals surface area (Å²) in [7, 11) is 0. The average Bonchev–Trinajstić information content (AvgIpc) is 2.75. The fraction of sp³-hybridized carbons (Fsp3) is 0.222. The maximum Gasteiger partial charge on any atom is 0.271 e. The van der Waals surface area contributed by atoms with Crippen LogP contribution in [0.5, 0.6) is 0 Å². The number of thioether (sulfide) groups is 1. The molecular weight excluding hydrogens is 214 g/mol. The zero-order valence-electron chi connectivity index (χ0n) is 7.71. The van der Waals surface area contributed by atoms with Crippen LogP contribution in [0.3, 0.4) is 0 Å². The standard InChI is InChI=1S/C9H7N3O2S/c13-12(14)6-1-2-8-7(5-6)10-9-11(8)3-4-15-9/h1-2,5H,3-4H2. The Balaban J connectivity index is 2.26. The zero-order chi connectivity index (χ0) is 10.4. The fourth-order valence-electron chi connectivity index (χ4n) is 1.76. The lowest BCUT2D eigenvalue weighted by molar-refractivity contribution is -0.384. The molecule has 0 saturated carbocycles. The van der Waals surface area contributed by atoms with Gasteiger partial charge in [-0.3, -0.25) is 10.1 Å². The van der Waals surface area contributed by atoms with E-state index in [-0.39, 0.29) is 5.69 Å². The number of imidazole rings is 1. The van der Waals surface area contributed by atoms with Crippen molar-refractivity contribution in [2.45, 2.75) is 11.7 Å². The Morgan fingerprint density at radius 3 is 3.20 bits per heavy atom. The van der Waals surface area contributed by atoms with Gasteiger partial charge in [0.25, 0.3) is 5.69 Å². The summed E-state index contributed by atoms with van der Waals surface area (Å²) in [5.41, 5.74) is 1.80. The molecule has 5 nitrogen and oxygen atoms in total. The van der Waals surface area contributed by atoms with E-state index in [4.69, 9.17) is 0 Å². The number of benzene rings is 1. The predicted octanol–water partition coefficient (Wildman–Crippen LogP) is 2.05. The molecule has 15 heavy (non-hydrogen) atoms. The Morgan fingerprint density at radius 2 is 2.40 bits per heavy atom. The van der Waals surface area contributed by atoms with Crippen molar-refractivity contribution >= 4 is 28.5 Å². The molecule has 0 bridgehead atoms. The summed E-state index contributed by atoms with van der Waals surface area (Å²) in [6.45, 7) is 0.939. The number of fused-ring (bicyclic) bond motifs is 3. The van der Waals surface area contributed by atoms with Gasteiger partial charge in [-0.1, -0.05) is 11.8 Å². The predicted molar refractivity (Wildman–Crippen MR) is 57.1 cm³/mol. The molecule has 0 radical (unpaired) electrons. The highest BCUT2D eigenvalue weighted by molar-refractivity contribution is 7.99. The minimum Gasteiger partial charge on any atom is -0.318 e. The van der Waals surface area contributed by atoms with Crippen LogP contribution < -0.4 is 0 Å². The SMILES string of the molecule is O=[N+]([O-])c1ccc2c(c1)nc1n2CCS1. The summed E-state index contributed by atoms with van der Waals surface area (Å²) in [4.78, 5) is 14.6. The lowest BCUT2D eigenvalue weighted by atomic mass is 10.3. The molecule has 0 N–H and O–H groups in total. The highest BCUT2D eigenvalue weighted by atomic mass is 32.2. The Kier molecular flexibility index (Phi) is 1.72. The van der Waals surface area contributed by atoms with E-state index < -0.39 is 4.92 Å². The molecule has 6 heteroatoms. The van der Waals surface area contributed by atoms with E-state index in [1.54, 1.807) is 17.8 Å². The van der Waals surface area contributed by atoms with Gasteiger partial charge < -0.3 is 4.57 Å². The summed E-state index contributed by atoms with van der Waals surface area (Å²) in [5, 5.41) is 11.5. The first-order valence-electron chi connectivity index (χ1n) is 4.53. The summed E-state index contributed by atoms with van der Waals surface area (Å²) in [6, 6.07) is 4.83. The van der Waals surface area contributed by atoms with Crippen molar-refractivity contribution in [2.75, 3.05) is 5.75 Å². The molecule has 3 rings (SSSR count). The number of aryl methyl sites for hydroxylation is 1. The van der Waals surface area contributed by atoms with Crippen LogP contribution in [0.15, 0.2) is 23.4 Å². The minimum absolute atomic E-state index is 0.101. The van der Waals surface area contributed by atoms with Crippen molar-refractivity contribution in [3.63, 3.8) is 0 Å². The van der Waals surface area contributed by atoms with Gasteiger partial charge in [-0.05, 0) is 6.07 Å². The molecule has 2 aromatic rings. The van der Waals surface area contributed by atoms with E-state index in [2.05, 4.69) is 9.55 Å². The highest BCUT2D eigenvalue weighted by Crippen LogP contribution is 2.31. The average molecular weight is 221 g/mol. The van der Waals surface area contributed by atoms with Crippen LogP contribution in [-0.4, -0.2) is 20.2 Å². The highest BCUT2D eigenvalue weighted by Gasteiger charge is 2.18. The third kappa shape index (κ3) is 1.21. The molecule has 1 aromatic carbocycles. The van der Waals surface area contributed by atoms with Gasteiger partial charge in [0.05, 0.1) is 16.0 Å². The van der Waals surface area contributed by atoms with E-state index >= 15 is 0 Å². The van der Waals surface area contributed by atoms with Gasteiger partial charge in [0, 0.05) is 24.4 Å². The van der Waals surface area contributed by atoms with Crippen molar-refractivity contribution in [2.24, 2.45) is 0 Å². The molecule has 0 aliphatic carbocycles. The lowest BCUT2D eigenvalue weighted by Gasteiger charge is -1.96. The van der Waals surface area contributed by atoms with Crippen molar-refractivity contribution < 1.29 is 4.92 Å². The van der Waals surface area contributed by atoms with Crippen LogP contribution in [0.1, 0.15) is 0 Å². The molecule has 0 spiro atoms. The third-order valence-corrected chi connectivity index (χ3v) is 3.41. The second kappa shape index (κ2) is 2.96. The number of hydrogen-bond donors (Lipinski definition) is 0. The molecule has 0 atom stereocenters. The van der Waals surface area contributed by atoms with E-state index in [1.165, 1.54) is 12.1 Å². The van der Waals surface area contributed by atoms with Gasteiger partial charge in [0.15, 0.2) is 5.16 Å². The van der Waals surface area contributed by atoms with E-state index in [0.717, 1.165) is 23.0 Å². The van der Waals surface area contributed by atoms with Gasteiger partial charge in [-0.15, -0.1) is 0 Å². The number of non-ortho nitro benzene ring substituents is 1. The first-order valence-corrected chi connectivity index (χ1v) is 5.52. The van der Waals surface area contributed by atoms with E-state index in [1.807, 2.05) is 0 Å². The zero-order valence-corrected chi connectivity index (χ0v) is 8.53. The number of nitro benzene ring substituents is 1. The number of nitrogens with zero attached hydrogens (tertiary/aromatic N) is 3. The molecule has 1 aliphatic heterocycles. The summed E-state index contributed by atoms with van der Waals surface area (Å²) in [6.07, 6.45) is 0. The van der Waals surface area contributed by atoms with Gasteiger partial charge in [-0.2, -0.15) is 0 Å². The van der Waals surface area contributed by atoms with Gasteiger partial charge in [-0.25, -0.2) is 4.98 Å².